The molecule has 0 aromatic heterocycles. The molecule has 0 radical (unpaired) electrons. The number of carbonyl (C=O) groups excluding carboxylic acids is 4. The van der Waals surface area contributed by atoms with Crippen LogP contribution in [-0.2, 0) is 52.8 Å². The van der Waals surface area contributed by atoms with Gasteiger partial charge in [-0.05, 0) is 68.1 Å². The summed E-state index contributed by atoms with van der Waals surface area (Å²) in [6, 6.07) is 18.4. The van der Waals surface area contributed by atoms with Gasteiger partial charge in [0.25, 0.3) is 5.91 Å². The van der Waals surface area contributed by atoms with Crippen LogP contribution in [0.5, 0.6) is 0 Å². The molecule has 3 amide bonds. The molecule has 2 aromatic carbocycles. The van der Waals surface area contributed by atoms with E-state index in [0.717, 1.165) is 44.1 Å². The third-order valence-corrected chi connectivity index (χ3v) is 7.65. The molecule has 1 aliphatic carbocycles. The summed E-state index contributed by atoms with van der Waals surface area (Å²) in [5.41, 5.74) is 4.92. The molecular formula is C34H47N3O7. The lowest BCUT2D eigenvalue weighted by atomic mass is 10.0. The Kier molecular flexibility index (Phi) is 15.4. The van der Waals surface area contributed by atoms with E-state index in [1.807, 2.05) is 30.3 Å². The lowest BCUT2D eigenvalue weighted by molar-refractivity contribution is -0.163. The first kappa shape index (κ1) is 34.7. The fraction of sp³-hybridized carbons (Fsp3) is 0.529. The monoisotopic (exact) mass is 609 g/mol. The number of nitrogens with one attached hydrogen (secondary N) is 3. The average Bonchev–Trinajstić information content (AvgIpc) is 3.83. The molecule has 0 bridgehead atoms. The van der Waals surface area contributed by atoms with Crippen molar-refractivity contribution in [1.29, 1.82) is 0 Å². The average molecular weight is 610 g/mol. The van der Waals surface area contributed by atoms with Crippen LogP contribution in [0.1, 0.15) is 68.1 Å². The van der Waals surface area contributed by atoms with Gasteiger partial charge in [0, 0.05) is 26.6 Å². The Hall–Kier alpha value is -3.76. The molecule has 1 fully saturated rings. The second-order valence-electron chi connectivity index (χ2n) is 11.4. The number of benzene rings is 2. The first-order valence-corrected chi connectivity index (χ1v) is 15.6. The second-order valence-corrected chi connectivity index (χ2v) is 11.4. The van der Waals surface area contributed by atoms with Crippen molar-refractivity contribution in [3.8, 4) is 0 Å². The number of hydrogen-bond acceptors (Lipinski definition) is 7. The largest absolute Gasteiger partial charge is 0.382 e. The summed E-state index contributed by atoms with van der Waals surface area (Å²) in [7, 11) is 1.57. The summed E-state index contributed by atoms with van der Waals surface area (Å²) in [6.07, 6.45) is 8.15. The van der Waals surface area contributed by atoms with Crippen molar-refractivity contribution in [2.75, 3.05) is 40.0 Å². The lowest BCUT2D eigenvalue weighted by Crippen LogP contribution is -2.38. The van der Waals surface area contributed by atoms with Crippen molar-refractivity contribution in [3.05, 3.63) is 71.3 Å². The minimum atomic E-state index is -0.777. The lowest BCUT2D eigenvalue weighted by Gasteiger charge is -2.15. The number of hydroxylamine groups is 1. The zero-order valence-corrected chi connectivity index (χ0v) is 25.9. The number of rotatable bonds is 21. The van der Waals surface area contributed by atoms with Gasteiger partial charge in [-0.1, -0.05) is 61.0 Å². The molecular weight excluding hydrogens is 562 g/mol. The van der Waals surface area contributed by atoms with Gasteiger partial charge in [-0.15, -0.1) is 0 Å². The molecule has 1 aliphatic rings. The van der Waals surface area contributed by atoms with Crippen LogP contribution in [-0.4, -0.2) is 63.7 Å². The maximum Gasteiger partial charge on any atom is 0.340 e. The number of ether oxygens (including phenoxy) is 2. The van der Waals surface area contributed by atoms with Gasteiger partial charge in [0.15, 0.2) is 0 Å². The van der Waals surface area contributed by atoms with Gasteiger partial charge in [-0.3, -0.25) is 14.4 Å². The van der Waals surface area contributed by atoms with Gasteiger partial charge in [0.05, 0.1) is 25.0 Å². The van der Waals surface area contributed by atoms with Crippen LogP contribution in [0.25, 0.3) is 0 Å². The first-order chi connectivity index (χ1) is 21.4. The van der Waals surface area contributed by atoms with E-state index >= 15 is 0 Å². The van der Waals surface area contributed by atoms with Crippen molar-refractivity contribution in [1.82, 2.24) is 16.1 Å². The van der Waals surface area contributed by atoms with Gasteiger partial charge in [-0.25, -0.2) is 4.79 Å². The Labute approximate surface area is 260 Å². The van der Waals surface area contributed by atoms with Gasteiger partial charge in [0.1, 0.15) is 6.61 Å². The Bertz CT molecular complexity index is 1170. The summed E-state index contributed by atoms with van der Waals surface area (Å²) in [6.45, 7) is 1.53. The molecule has 0 heterocycles. The third-order valence-electron chi connectivity index (χ3n) is 7.65. The third kappa shape index (κ3) is 13.7. The van der Waals surface area contributed by atoms with Gasteiger partial charge < -0.3 is 24.9 Å². The van der Waals surface area contributed by atoms with Gasteiger partial charge in [0.2, 0.25) is 11.8 Å². The summed E-state index contributed by atoms with van der Waals surface area (Å²) in [4.78, 5) is 54.0. The maximum absolute atomic E-state index is 12.6. The fourth-order valence-corrected chi connectivity index (χ4v) is 4.69. The summed E-state index contributed by atoms with van der Waals surface area (Å²) >= 11 is 0. The van der Waals surface area contributed by atoms with E-state index in [4.69, 9.17) is 14.3 Å². The van der Waals surface area contributed by atoms with Crippen LogP contribution in [0.2, 0.25) is 0 Å². The second kappa shape index (κ2) is 19.5. The summed E-state index contributed by atoms with van der Waals surface area (Å²) < 4.78 is 10.0. The number of amides is 3. The summed E-state index contributed by atoms with van der Waals surface area (Å²) in [5, 5.41) is 5.59. The standard InChI is InChI=1S/C34H47N3O7/c1-42-22-23-43-25-32(40)35-21-9-3-6-14-30(38)36-26-34(19-20-34)33(41)44-37-31(39)24-29-17-15-28(16-18-29)13-8-7-12-27-10-4-2-5-11-27/h2,4-5,10-11,15-18H,3,6-9,12-14,19-26H2,1H3,(H,35,40)(H,36,38)(H,37,39). The van der Waals surface area contributed by atoms with E-state index in [-0.39, 0.29) is 31.4 Å². The number of aryl methyl sites for hydroxylation is 2. The van der Waals surface area contributed by atoms with Gasteiger partial charge >= 0.3 is 5.97 Å². The van der Waals surface area contributed by atoms with Crippen LogP contribution < -0.4 is 16.1 Å². The van der Waals surface area contributed by atoms with E-state index < -0.39 is 17.3 Å². The molecule has 1 saturated carbocycles. The minimum Gasteiger partial charge on any atom is -0.382 e. The highest BCUT2D eigenvalue weighted by atomic mass is 16.7. The van der Waals surface area contributed by atoms with Crippen LogP contribution in [0, 0.1) is 5.41 Å². The van der Waals surface area contributed by atoms with Crippen molar-refractivity contribution >= 4 is 23.7 Å². The van der Waals surface area contributed by atoms with Crippen molar-refractivity contribution in [3.63, 3.8) is 0 Å². The Morgan fingerprint density at radius 3 is 2.09 bits per heavy atom. The van der Waals surface area contributed by atoms with E-state index in [2.05, 4.69) is 40.4 Å². The Morgan fingerprint density at radius 2 is 1.41 bits per heavy atom. The summed E-state index contributed by atoms with van der Waals surface area (Å²) in [5.74, 6) is -1.24. The van der Waals surface area contributed by atoms with Gasteiger partial charge in [-0.2, -0.15) is 5.48 Å². The van der Waals surface area contributed by atoms with Crippen LogP contribution >= 0.6 is 0 Å². The first-order valence-electron chi connectivity index (χ1n) is 15.6. The molecule has 2 aromatic rings. The van der Waals surface area contributed by atoms with Crippen molar-refractivity contribution < 1.29 is 33.5 Å². The highest BCUT2D eigenvalue weighted by Gasteiger charge is 2.52. The van der Waals surface area contributed by atoms with E-state index in [1.54, 1.807) is 7.11 Å². The van der Waals surface area contributed by atoms with Crippen molar-refractivity contribution in [2.45, 2.75) is 70.6 Å². The predicted octanol–water partition coefficient (Wildman–Crippen LogP) is 3.60. The Balaban J connectivity index is 1.22. The van der Waals surface area contributed by atoms with Crippen LogP contribution in [0.4, 0.5) is 0 Å². The quantitative estimate of drug-likeness (QED) is 0.146. The normalized spacial score (nSPS) is 13.1. The maximum atomic E-state index is 12.6. The molecule has 0 atom stereocenters. The predicted molar refractivity (Wildman–Crippen MR) is 166 cm³/mol. The fourth-order valence-electron chi connectivity index (χ4n) is 4.69. The smallest absolute Gasteiger partial charge is 0.340 e. The molecule has 0 spiro atoms. The van der Waals surface area contributed by atoms with E-state index in [0.29, 0.717) is 45.4 Å². The Morgan fingerprint density at radius 1 is 0.727 bits per heavy atom. The number of hydrogen-bond donors (Lipinski definition) is 3. The van der Waals surface area contributed by atoms with Crippen LogP contribution in [0.3, 0.4) is 0 Å². The van der Waals surface area contributed by atoms with E-state index in [9.17, 15) is 19.2 Å². The number of carbonyl (C=O) groups is 4. The number of methoxy groups -OCH3 is 1. The molecule has 0 aliphatic heterocycles. The molecule has 10 heteroatoms. The molecule has 10 nitrogen and oxygen atoms in total. The molecule has 0 saturated heterocycles. The highest BCUT2D eigenvalue weighted by molar-refractivity contribution is 5.84. The van der Waals surface area contributed by atoms with Crippen molar-refractivity contribution in [2.24, 2.45) is 5.41 Å². The molecule has 44 heavy (non-hydrogen) atoms. The zero-order chi connectivity index (χ0) is 31.5. The zero-order valence-electron chi connectivity index (χ0n) is 25.9. The highest BCUT2D eigenvalue weighted by Crippen LogP contribution is 2.46. The molecule has 3 rings (SSSR count). The minimum absolute atomic E-state index is 0.00387. The molecule has 3 N–H and O–H groups in total. The SMILES string of the molecule is COCCOCC(=O)NCCCCCC(=O)NCC1(C(=O)ONC(=O)Cc2ccc(CCCCc3ccccc3)cc2)CC1. The molecule has 240 valence electrons. The topological polar surface area (TPSA) is 132 Å². The molecule has 0 unspecified atom stereocenters. The number of unbranched alkanes of at least 4 members (excludes halogenated alkanes) is 3. The van der Waals surface area contributed by atoms with E-state index in [1.165, 1.54) is 11.1 Å². The van der Waals surface area contributed by atoms with Crippen LogP contribution in [0.15, 0.2) is 54.6 Å².